The molecule has 2 saturated heterocycles. The van der Waals surface area contributed by atoms with Gasteiger partial charge in [-0.3, -0.25) is 0 Å². The molecule has 4 rings (SSSR count). The highest BCUT2D eigenvalue weighted by atomic mass is 16.5. The summed E-state index contributed by atoms with van der Waals surface area (Å²) in [6.07, 6.45) is 12.6. The van der Waals surface area contributed by atoms with Crippen LogP contribution in [0.1, 0.15) is 75.4 Å². The molecule has 1 aromatic rings. The molecule has 3 heterocycles. The zero-order chi connectivity index (χ0) is 18.3. The van der Waals surface area contributed by atoms with Crippen molar-refractivity contribution in [2.45, 2.75) is 76.2 Å². The van der Waals surface area contributed by atoms with Crippen LogP contribution in [0.5, 0.6) is 0 Å². The summed E-state index contributed by atoms with van der Waals surface area (Å²) in [5.74, 6) is 2.88. The monoisotopic (exact) mass is 377 g/mol. The number of likely N-dealkylation sites (tertiary alicyclic amines) is 1. The first kappa shape index (κ1) is 19.3. The molecular formula is C21H35N3O3. The van der Waals surface area contributed by atoms with E-state index in [-0.39, 0.29) is 0 Å². The molecule has 0 bridgehead atoms. The number of piperidine rings is 1. The van der Waals surface area contributed by atoms with Gasteiger partial charge >= 0.3 is 0 Å². The summed E-state index contributed by atoms with van der Waals surface area (Å²) in [6.45, 7) is 5.98. The Bertz CT molecular complexity index is 545. The lowest BCUT2D eigenvalue weighted by Crippen LogP contribution is -2.40. The molecule has 1 saturated carbocycles. The maximum absolute atomic E-state index is 6.11. The number of ether oxygens (including phenoxy) is 2. The second kappa shape index (κ2) is 9.99. The molecule has 1 aliphatic carbocycles. The second-order valence-corrected chi connectivity index (χ2v) is 8.56. The Balaban J connectivity index is 1.12. The first-order valence-corrected chi connectivity index (χ1v) is 11.1. The van der Waals surface area contributed by atoms with Crippen molar-refractivity contribution in [3.05, 3.63) is 11.7 Å². The van der Waals surface area contributed by atoms with E-state index in [2.05, 4.69) is 15.0 Å². The summed E-state index contributed by atoms with van der Waals surface area (Å²) in [4.78, 5) is 7.23. The predicted molar refractivity (Wildman–Crippen MR) is 103 cm³/mol. The fraction of sp³-hybridized carbons (Fsp3) is 0.905. The van der Waals surface area contributed by atoms with Gasteiger partial charge in [0.25, 0.3) is 0 Å². The third kappa shape index (κ3) is 5.75. The van der Waals surface area contributed by atoms with E-state index in [1.54, 1.807) is 0 Å². The molecule has 0 radical (unpaired) electrons. The van der Waals surface area contributed by atoms with Crippen LogP contribution in [0.4, 0.5) is 0 Å². The van der Waals surface area contributed by atoms with Crippen LogP contribution in [0.15, 0.2) is 4.52 Å². The van der Waals surface area contributed by atoms with E-state index in [9.17, 15) is 0 Å². The van der Waals surface area contributed by atoms with Gasteiger partial charge in [0, 0.05) is 45.2 Å². The van der Waals surface area contributed by atoms with E-state index in [0.717, 1.165) is 63.0 Å². The fourth-order valence-corrected chi connectivity index (χ4v) is 4.79. The van der Waals surface area contributed by atoms with Crippen LogP contribution < -0.4 is 0 Å². The lowest BCUT2D eigenvalue weighted by Gasteiger charge is -2.35. The van der Waals surface area contributed by atoms with Crippen molar-refractivity contribution in [1.82, 2.24) is 15.0 Å². The summed E-state index contributed by atoms with van der Waals surface area (Å²) in [5, 5.41) is 4.14. The van der Waals surface area contributed by atoms with E-state index in [1.807, 2.05) is 0 Å². The van der Waals surface area contributed by atoms with E-state index in [1.165, 1.54) is 51.7 Å². The van der Waals surface area contributed by atoms with Crippen LogP contribution >= 0.6 is 0 Å². The largest absolute Gasteiger partial charge is 0.381 e. The maximum Gasteiger partial charge on any atom is 0.229 e. The molecule has 3 aliphatic rings. The molecule has 0 spiro atoms. The van der Waals surface area contributed by atoms with Gasteiger partial charge in [0.2, 0.25) is 5.89 Å². The highest BCUT2D eigenvalue weighted by Gasteiger charge is 2.24. The molecule has 0 unspecified atom stereocenters. The lowest BCUT2D eigenvalue weighted by molar-refractivity contribution is 0.00434. The van der Waals surface area contributed by atoms with Gasteiger partial charge in [0.05, 0.1) is 12.7 Å². The summed E-state index contributed by atoms with van der Waals surface area (Å²) in [7, 11) is 0. The smallest absolute Gasteiger partial charge is 0.229 e. The van der Waals surface area contributed by atoms with Crippen molar-refractivity contribution in [3.63, 3.8) is 0 Å². The average Bonchev–Trinajstić information content (AvgIpc) is 3.20. The van der Waals surface area contributed by atoms with Gasteiger partial charge in [-0.2, -0.15) is 4.98 Å². The molecular weight excluding hydrogens is 342 g/mol. The molecule has 2 aliphatic heterocycles. The molecule has 0 N–H and O–H groups in total. The topological polar surface area (TPSA) is 60.6 Å². The lowest BCUT2D eigenvalue weighted by atomic mass is 9.88. The van der Waals surface area contributed by atoms with Gasteiger partial charge in [-0.15, -0.1) is 0 Å². The summed E-state index contributed by atoms with van der Waals surface area (Å²) in [5.41, 5.74) is 0. The fourth-order valence-electron chi connectivity index (χ4n) is 4.79. The normalized spacial score (nSPS) is 24.4. The van der Waals surface area contributed by atoms with Gasteiger partial charge in [-0.1, -0.05) is 24.4 Å². The summed E-state index contributed by atoms with van der Waals surface area (Å²) in [6, 6.07) is 0. The van der Waals surface area contributed by atoms with Gasteiger partial charge in [0.15, 0.2) is 5.82 Å². The second-order valence-electron chi connectivity index (χ2n) is 8.56. The molecule has 152 valence electrons. The Morgan fingerprint density at radius 1 is 0.963 bits per heavy atom. The van der Waals surface area contributed by atoms with Gasteiger partial charge in [-0.05, 0) is 44.4 Å². The van der Waals surface area contributed by atoms with Crippen LogP contribution in [0, 0.1) is 5.92 Å². The molecule has 0 aromatic carbocycles. The zero-order valence-corrected chi connectivity index (χ0v) is 16.6. The highest BCUT2D eigenvalue weighted by Crippen LogP contribution is 2.26. The quantitative estimate of drug-likeness (QED) is 0.724. The average molecular weight is 378 g/mol. The minimum atomic E-state index is 0.370. The van der Waals surface area contributed by atoms with Gasteiger partial charge in [0.1, 0.15) is 0 Å². The van der Waals surface area contributed by atoms with Crippen LogP contribution in [-0.4, -0.2) is 60.6 Å². The van der Waals surface area contributed by atoms with Crippen molar-refractivity contribution in [2.75, 3.05) is 39.5 Å². The van der Waals surface area contributed by atoms with Crippen molar-refractivity contribution in [2.24, 2.45) is 5.92 Å². The Kier molecular flexibility index (Phi) is 7.15. The van der Waals surface area contributed by atoms with Gasteiger partial charge < -0.3 is 18.9 Å². The molecule has 6 heteroatoms. The number of nitrogens with zero attached hydrogens (tertiary/aromatic N) is 3. The molecule has 3 fully saturated rings. The summed E-state index contributed by atoms with van der Waals surface area (Å²) < 4.78 is 17.0. The van der Waals surface area contributed by atoms with Crippen molar-refractivity contribution in [3.8, 4) is 0 Å². The molecule has 1 aromatic heterocycles. The number of hydrogen-bond acceptors (Lipinski definition) is 6. The first-order valence-electron chi connectivity index (χ1n) is 11.1. The van der Waals surface area contributed by atoms with E-state index in [4.69, 9.17) is 14.0 Å². The van der Waals surface area contributed by atoms with Crippen LogP contribution in [0.2, 0.25) is 0 Å². The van der Waals surface area contributed by atoms with Crippen molar-refractivity contribution < 1.29 is 14.0 Å². The molecule has 27 heavy (non-hydrogen) atoms. The van der Waals surface area contributed by atoms with E-state index >= 15 is 0 Å². The Morgan fingerprint density at radius 3 is 2.52 bits per heavy atom. The zero-order valence-electron chi connectivity index (χ0n) is 16.6. The summed E-state index contributed by atoms with van der Waals surface area (Å²) >= 11 is 0. The highest BCUT2D eigenvalue weighted by molar-refractivity contribution is 4.95. The SMILES string of the molecule is C1CCC(CN2CCC(OCCc3noc(C4CCOCC4)n3)CC2)CC1. The van der Waals surface area contributed by atoms with Gasteiger partial charge in [-0.25, -0.2) is 0 Å². The Morgan fingerprint density at radius 2 is 1.74 bits per heavy atom. The number of aromatic nitrogens is 2. The number of hydrogen-bond donors (Lipinski definition) is 0. The third-order valence-corrected chi connectivity index (χ3v) is 6.51. The number of rotatable bonds is 7. The Labute approximate surface area is 163 Å². The first-order chi connectivity index (χ1) is 13.4. The Hall–Kier alpha value is -0.980. The van der Waals surface area contributed by atoms with Crippen molar-refractivity contribution >= 4 is 0 Å². The van der Waals surface area contributed by atoms with E-state index < -0.39 is 0 Å². The van der Waals surface area contributed by atoms with E-state index in [0.29, 0.717) is 18.6 Å². The molecule has 0 atom stereocenters. The third-order valence-electron chi connectivity index (χ3n) is 6.51. The van der Waals surface area contributed by atoms with Crippen LogP contribution in [-0.2, 0) is 15.9 Å². The van der Waals surface area contributed by atoms with Crippen molar-refractivity contribution in [1.29, 1.82) is 0 Å². The van der Waals surface area contributed by atoms with Crippen LogP contribution in [0.25, 0.3) is 0 Å². The molecule has 6 nitrogen and oxygen atoms in total. The maximum atomic E-state index is 6.11. The molecule has 0 amide bonds. The van der Waals surface area contributed by atoms with Crippen LogP contribution in [0.3, 0.4) is 0 Å². The minimum absolute atomic E-state index is 0.370. The predicted octanol–water partition coefficient (Wildman–Crippen LogP) is 3.57. The standard InChI is InChI=1S/C21H35N3O3/c1-2-4-17(5-3-1)16-24-11-6-19(7-12-24)26-15-10-20-22-21(27-23-20)18-8-13-25-14-9-18/h17-19H,1-16H2. The minimum Gasteiger partial charge on any atom is -0.381 e.